The van der Waals surface area contributed by atoms with Crippen molar-refractivity contribution >= 4 is 0 Å². The third-order valence-electron chi connectivity index (χ3n) is 2.67. The summed E-state index contributed by atoms with van der Waals surface area (Å²) in [7, 11) is 0. The molecule has 0 bridgehead atoms. The van der Waals surface area contributed by atoms with Gasteiger partial charge in [-0.1, -0.05) is 13.8 Å². The molecule has 0 aliphatic heterocycles. The van der Waals surface area contributed by atoms with E-state index in [0.29, 0.717) is 23.7 Å². The van der Waals surface area contributed by atoms with Gasteiger partial charge in [-0.05, 0) is 19.1 Å². The Hall–Kier alpha value is -2.01. The van der Waals surface area contributed by atoms with E-state index in [1.807, 2.05) is 32.9 Å². The maximum Gasteiger partial charge on any atom is 0.168 e. The van der Waals surface area contributed by atoms with Crippen molar-refractivity contribution in [3.05, 3.63) is 41.7 Å². The molecule has 0 saturated carbocycles. The maximum atomic E-state index is 5.72. The first-order valence-corrected chi connectivity index (χ1v) is 6.26. The van der Waals surface area contributed by atoms with E-state index in [4.69, 9.17) is 10.5 Å². The first-order valence-electron chi connectivity index (χ1n) is 6.26. The molecule has 2 N–H and O–H groups in total. The van der Waals surface area contributed by atoms with Crippen LogP contribution in [-0.2, 0) is 6.54 Å². The molecule has 2 rings (SSSR count). The summed E-state index contributed by atoms with van der Waals surface area (Å²) in [6.07, 6.45) is 3.34. The Balaban J connectivity index is 2.27. The van der Waals surface area contributed by atoms with E-state index in [-0.39, 0.29) is 5.92 Å². The van der Waals surface area contributed by atoms with Gasteiger partial charge >= 0.3 is 0 Å². The molecule has 19 heavy (non-hydrogen) atoms. The molecule has 100 valence electrons. The first kappa shape index (κ1) is 13.4. The maximum absolute atomic E-state index is 5.72. The number of pyridine rings is 1. The van der Waals surface area contributed by atoms with Gasteiger partial charge in [0.05, 0.1) is 12.4 Å². The zero-order valence-corrected chi connectivity index (χ0v) is 11.4. The van der Waals surface area contributed by atoms with Crippen LogP contribution in [0.3, 0.4) is 0 Å². The zero-order chi connectivity index (χ0) is 13.8. The number of rotatable bonds is 4. The lowest BCUT2D eigenvalue weighted by molar-refractivity contribution is 0.465. The highest BCUT2D eigenvalue weighted by molar-refractivity contribution is 5.31. The Labute approximate surface area is 112 Å². The summed E-state index contributed by atoms with van der Waals surface area (Å²) in [5, 5.41) is 0. The highest BCUT2D eigenvalue weighted by Gasteiger charge is 2.10. The van der Waals surface area contributed by atoms with Gasteiger partial charge in [-0.15, -0.1) is 0 Å². The summed E-state index contributed by atoms with van der Waals surface area (Å²) >= 11 is 0. The van der Waals surface area contributed by atoms with Crippen LogP contribution < -0.4 is 10.5 Å². The molecule has 2 aromatic heterocycles. The summed E-state index contributed by atoms with van der Waals surface area (Å²) in [5.74, 6) is 2.27. The zero-order valence-electron chi connectivity index (χ0n) is 11.4. The van der Waals surface area contributed by atoms with Gasteiger partial charge in [-0.2, -0.15) is 0 Å². The fraction of sp³-hybridized carbons (Fsp3) is 0.357. The summed E-state index contributed by atoms with van der Waals surface area (Å²) in [6.45, 7) is 6.33. The Morgan fingerprint density at radius 2 is 2.00 bits per heavy atom. The molecule has 5 nitrogen and oxygen atoms in total. The van der Waals surface area contributed by atoms with Gasteiger partial charge in [0.25, 0.3) is 0 Å². The van der Waals surface area contributed by atoms with Crippen LogP contribution in [0.1, 0.15) is 37.0 Å². The Bertz CT molecular complexity index is 552. The number of aryl methyl sites for hydroxylation is 1. The number of nitrogens with two attached hydrogens (primary N) is 1. The van der Waals surface area contributed by atoms with E-state index in [1.54, 1.807) is 12.4 Å². The molecule has 0 spiro atoms. The van der Waals surface area contributed by atoms with Crippen LogP contribution in [0.15, 0.2) is 24.5 Å². The van der Waals surface area contributed by atoms with E-state index in [9.17, 15) is 0 Å². The highest BCUT2D eigenvalue weighted by Crippen LogP contribution is 2.24. The van der Waals surface area contributed by atoms with Gasteiger partial charge in [0, 0.05) is 18.2 Å². The van der Waals surface area contributed by atoms with Crippen LogP contribution in [0, 0.1) is 6.92 Å². The molecule has 0 aliphatic rings. The lowest BCUT2D eigenvalue weighted by atomic mass is 10.2. The molecule has 0 atom stereocenters. The number of nitrogens with zero attached hydrogens (tertiary/aromatic N) is 3. The van der Waals surface area contributed by atoms with Gasteiger partial charge in [0.15, 0.2) is 5.75 Å². The molecule has 2 heterocycles. The molecule has 5 heteroatoms. The second-order valence-electron chi connectivity index (χ2n) is 4.64. The molecule has 0 unspecified atom stereocenters. The molecule has 0 amide bonds. The predicted molar refractivity (Wildman–Crippen MR) is 73.1 cm³/mol. The summed E-state index contributed by atoms with van der Waals surface area (Å²) in [5.41, 5.74) is 7.36. The molecule has 2 aromatic rings. The standard InChI is InChI=1S/C14H18N4O/c1-9(2)14-17-8-13(12(6-15)18-14)19-11-5-4-10(3)16-7-11/h4-5,7-9H,6,15H2,1-3H3. The minimum absolute atomic E-state index is 0.264. The summed E-state index contributed by atoms with van der Waals surface area (Å²) in [4.78, 5) is 12.9. The topological polar surface area (TPSA) is 73.9 Å². The monoisotopic (exact) mass is 258 g/mol. The minimum Gasteiger partial charge on any atom is -0.452 e. The van der Waals surface area contributed by atoms with Gasteiger partial charge in [-0.25, -0.2) is 9.97 Å². The minimum atomic E-state index is 0.264. The lowest BCUT2D eigenvalue weighted by Crippen LogP contribution is -2.07. The third-order valence-corrected chi connectivity index (χ3v) is 2.67. The van der Waals surface area contributed by atoms with Gasteiger partial charge in [0.1, 0.15) is 17.3 Å². The van der Waals surface area contributed by atoms with Crippen LogP contribution in [0.2, 0.25) is 0 Å². The predicted octanol–water partition coefficient (Wildman–Crippen LogP) is 2.55. The summed E-state index contributed by atoms with van der Waals surface area (Å²) < 4.78 is 5.72. The van der Waals surface area contributed by atoms with Gasteiger partial charge in [0.2, 0.25) is 0 Å². The van der Waals surface area contributed by atoms with Crippen molar-refractivity contribution in [2.75, 3.05) is 0 Å². The number of hydrogen-bond donors (Lipinski definition) is 1. The van der Waals surface area contributed by atoms with Crippen LogP contribution in [0.25, 0.3) is 0 Å². The van der Waals surface area contributed by atoms with Crippen molar-refractivity contribution in [2.45, 2.75) is 33.2 Å². The number of ether oxygens (including phenoxy) is 1. The van der Waals surface area contributed by atoms with E-state index in [0.717, 1.165) is 11.5 Å². The molecular weight excluding hydrogens is 240 g/mol. The Morgan fingerprint density at radius 3 is 2.58 bits per heavy atom. The number of hydrogen-bond acceptors (Lipinski definition) is 5. The quantitative estimate of drug-likeness (QED) is 0.912. The van der Waals surface area contributed by atoms with Crippen LogP contribution in [0.5, 0.6) is 11.5 Å². The number of aromatic nitrogens is 3. The van der Waals surface area contributed by atoms with Crippen LogP contribution >= 0.6 is 0 Å². The van der Waals surface area contributed by atoms with Crippen LogP contribution in [0.4, 0.5) is 0 Å². The second-order valence-corrected chi connectivity index (χ2v) is 4.64. The van der Waals surface area contributed by atoms with E-state index in [1.165, 1.54) is 0 Å². The fourth-order valence-electron chi connectivity index (χ4n) is 1.57. The normalized spacial score (nSPS) is 10.8. The fourth-order valence-corrected chi connectivity index (χ4v) is 1.57. The molecule has 0 radical (unpaired) electrons. The van der Waals surface area contributed by atoms with E-state index < -0.39 is 0 Å². The van der Waals surface area contributed by atoms with Crippen molar-refractivity contribution in [1.29, 1.82) is 0 Å². The first-order chi connectivity index (χ1) is 9.10. The molecule has 0 aromatic carbocycles. The average molecular weight is 258 g/mol. The molecule has 0 fully saturated rings. The summed E-state index contributed by atoms with van der Waals surface area (Å²) in [6, 6.07) is 3.75. The van der Waals surface area contributed by atoms with Crippen molar-refractivity contribution in [2.24, 2.45) is 5.73 Å². The molecule has 0 saturated heterocycles. The third kappa shape index (κ3) is 3.26. The lowest BCUT2D eigenvalue weighted by Gasteiger charge is -2.11. The van der Waals surface area contributed by atoms with Crippen molar-refractivity contribution < 1.29 is 4.74 Å². The van der Waals surface area contributed by atoms with Crippen LogP contribution in [-0.4, -0.2) is 15.0 Å². The van der Waals surface area contributed by atoms with E-state index in [2.05, 4.69) is 15.0 Å². The van der Waals surface area contributed by atoms with Gasteiger partial charge < -0.3 is 10.5 Å². The smallest absolute Gasteiger partial charge is 0.168 e. The second kappa shape index (κ2) is 5.75. The Kier molecular flexibility index (Phi) is 4.06. The highest BCUT2D eigenvalue weighted by atomic mass is 16.5. The molecule has 0 aliphatic carbocycles. The van der Waals surface area contributed by atoms with Gasteiger partial charge in [-0.3, -0.25) is 4.98 Å². The average Bonchev–Trinajstić information content (AvgIpc) is 2.41. The van der Waals surface area contributed by atoms with E-state index >= 15 is 0 Å². The SMILES string of the molecule is Cc1ccc(Oc2cnc(C(C)C)nc2CN)cn1. The largest absolute Gasteiger partial charge is 0.452 e. The molecular formula is C14H18N4O. The van der Waals surface area contributed by atoms with Crippen molar-refractivity contribution in [3.8, 4) is 11.5 Å². The van der Waals surface area contributed by atoms with Crippen molar-refractivity contribution in [1.82, 2.24) is 15.0 Å². The van der Waals surface area contributed by atoms with Crippen molar-refractivity contribution in [3.63, 3.8) is 0 Å². The Morgan fingerprint density at radius 1 is 1.21 bits per heavy atom.